The van der Waals surface area contributed by atoms with E-state index in [-0.39, 0.29) is 11.7 Å². The Labute approximate surface area is 112 Å². The minimum atomic E-state index is -1.26. The fourth-order valence-corrected chi connectivity index (χ4v) is 2.17. The summed E-state index contributed by atoms with van der Waals surface area (Å²) in [5, 5.41) is 18.4. The van der Waals surface area contributed by atoms with Crippen molar-refractivity contribution in [1.29, 1.82) is 5.41 Å². The van der Waals surface area contributed by atoms with E-state index in [9.17, 15) is 9.59 Å². The molecule has 19 heavy (non-hydrogen) atoms. The SMILES string of the molecule is CC(C)=CC(NC(=O)O)C(=O)N1CCCC1C(=N)N. The molecule has 0 bridgehead atoms. The van der Waals surface area contributed by atoms with Crippen LogP contribution in [0.3, 0.4) is 0 Å². The Morgan fingerprint density at radius 1 is 1.53 bits per heavy atom. The quantitative estimate of drug-likeness (QED) is 0.337. The van der Waals surface area contributed by atoms with Gasteiger partial charge in [-0.15, -0.1) is 0 Å². The predicted molar refractivity (Wildman–Crippen MR) is 71.0 cm³/mol. The summed E-state index contributed by atoms with van der Waals surface area (Å²) >= 11 is 0. The van der Waals surface area contributed by atoms with Crippen molar-refractivity contribution in [1.82, 2.24) is 10.2 Å². The van der Waals surface area contributed by atoms with Crippen molar-refractivity contribution in [3.63, 3.8) is 0 Å². The maximum absolute atomic E-state index is 12.3. The van der Waals surface area contributed by atoms with Crippen LogP contribution in [0.2, 0.25) is 0 Å². The van der Waals surface area contributed by atoms with Gasteiger partial charge in [-0.3, -0.25) is 10.2 Å². The molecule has 0 aromatic carbocycles. The third-order valence-corrected chi connectivity index (χ3v) is 2.94. The Balaban J connectivity index is 2.89. The molecule has 0 aromatic rings. The van der Waals surface area contributed by atoms with Crippen molar-refractivity contribution in [3.8, 4) is 0 Å². The molecule has 0 aromatic heterocycles. The van der Waals surface area contributed by atoms with E-state index in [1.165, 1.54) is 4.90 Å². The zero-order valence-electron chi connectivity index (χ0n) is 11.1. The van der Waals surface area contributed by atoms with E-state index in [1.54, 1.807) is 19.9 Å². The maximum atomic E-state index is 12.3. The highest BCUT2D eigenvalue weighted by Gasteiger charge is 2.34. The summed E-state index contributed by atoms with van der Waals surface area (Å²) < 4.78 is 0. The molecule has 1 rings (SSSR count). The van der Waals surface area contributed by atoms with E-state index in [0.717, 1.165) is 12.0 Å². The van der Waals surface area contributed by atoms with Crippen molar-refractivity contribution < 1.29 is 14.7 Å². The second-order valence-electron chi connectivity index (χ2n) is 4.82. The highest BCUT2D eigenvalue weighted by atomic mass is 16.4. The number of nitrogens with one attached hydrogen (secondary N) is 2. The minimum Gasteiger partial charge on any atom is -0.465 e. The van der Waals surface area contributed by atoms with E-state index in [0.29, 0.717) is 13.0 Å². The number of likely N-dealkylation sites (tertiary alicyclic amines) is 1. The molecule has 2 amide bonds. The average Bonchev–Trinajstić information content (AvgIpc) is 2.74. The molecule has 0 radical (unpaired) electrons. The van der Waals surface area contributed by atoms with Gasteiger partial charge in [-0.2, -0.15) is 0 Å². The molecule has 7 heteroatoms. The van der Waals surface area contributed by atoms with Crippen LogP contribution in [0, 0.1) is 5.41 Å². The Morgan fingerprint density at radius 3 is 2.63 bits per heavy atom. The lowest BCUT2D eigenvalue weighted by molar-refractivity contribution is -0.131. The summed E-state index contributed by atoms with van der Waals surface area (Å²) in [4.78, 5) is 24.6. The first-order chi connectivity index (χ1) is 8.82. The van der Waals surface area contributed by atoms with Crippen LogP contribution in [0.1, 0.15) is 26.7 Å². The molecule has 2 unspecified atom stereocenters. The van der Waals surface area contributed by atoms with Crippen LogP contribution in [0.15, 0.2) is 11.6 Å². The van der Waals surface area contributed by atoms with Crippen molar-refractivity contribution in [2.45, 2.75) is 38.8 Å². The van der Waals surface area contributed by atoms with Crippen molar-refractivity contribution >= 4 is 17.8 Å². The number of carbonyl (C=O) groups excluding carboxylic acids is 1. The topological polar surface area (TPSA) is 120 Å². The summed E-state index contributed by atoms with van der Waals surface area (Å²) in [5.74, 6) is -0.418. The van der Waals surface area contributed by atoms with Crippen molar-refractivity contribution in [2.24, 2.45) is 5.73 Å². The van der Waals surface area contributed by atoms with Crippen LogP contribution in [-0.4, -0.2) is 46.5 Å². The monoisotopic (exact) mass is 268 g/mol. The molecule has 1 saturated heterocycles. The number of hydrogen-bond acceptors (Lipinski definition) is 3. The van der Waals surface area contributed by atoms with Gasteiger partial charge in [0.05, 0.1) is 6.04 Å². The summed E-state index contributed by atoms with van der Waals surface area (Å²) in [6.45, 7) is 4.07. The lowest BCUT2D eigenvalue weighted by atomic mass is 10.1. The molecule has 1 aliphatic rings. The van der Waals surface area contributed by atoms with Gasteiger partial charge in [0.25, 0.3) is 0 Å². The number of hydrogen-bond donors (Lipinski definition) is 4. The smallest absolute Gasteiger partial charge is 0.405 e. The van der Waals surface area contributed by atoms with Gasteiger partial charge >= 0.3 is 6.09 Å². The van der Waals surface area contributed by atoms with Crippen LogP contribution >= 0.6 is 0 Å². The third-order valence-electron chi connectivity index (χ3n) is 2.94. The third kappa shape index (κ3) is 3.97. The second-order valence-corrected chi connectivity index (χ2v) is 4.82. The zero-order chi connectivity index (χ0) is 14.6. The number of amides is 2. The van der Waals surface area contributed by atoms with E-state index < -0.39 is 18.2 Å². The predicted octanol–water partition coefficient (Wildman–Crippen LogP) is 0.516. The lowest BCUT2D eigenvalue weighted by Crippen LogP contribution is -2.51. The van der Waals surface area contributed by atoms with E-state index in [2.05, 4.69) is 5.32 Å². The molecule has 0 aliphatic carbocycles. The second kappa shape index (κ2) is 6.21. The van der Waals surface area contributed by atoms with E-state index in [4.69, 9.17) is 16.2 Å². The maximum Gasteiger partial charge on any atom is 0.405 e. The lowest BCUT2D eigenvalue weighted by Gasteiger charge is -2.27. The highest BCUT2D eigenvalue weighted by molar-refractivity contribution is 5.93. The van der Waals surface area contributed by atoms with Gasteiger partial charge in [0.2, 0.25) is 5.91 Å². The van der Waals surface area contributed by atoms with Gasteiger partial charge in [-0.25, -0.2) is 4.79 Å². The number of allylic oxidation sites excluding steroid dienone is 1. The Kier molecular flexibility index (Phi) is 4.91. The Hall–Kier alpha value is -2.05. The molecule has 106 valence electrons. The van der Waals surface area contributed by atoms with Gasteiger partial charge in [0.15, 0.2) is 0 Å². The number of carboxylic acid groups (broad SMARTS) is 1. The molecule has 0 saturated carbocycles. The van der Waals surface area contributed by atoms with Gasteiger partial charge in [0, 0.05) is 6.54 Å². The first-order valence-electron chi connectivity index (χ1n) is 6.11. The first kappa shape index (κ1) is 15.0. The summed E-state index contributed by atoms with van der Waals surface area (Å²) in [6, 6.07) is -1.35. The normalized spacial score (nSPS) is 19.7. The number of rotatable bonds is 4. The molecule has 1 heterocycles. The largest absolute Gasteiger partial charge is 0.465 e. The minimum absolute atomic E-state index is 0.0582. The molecular weight excluding hydrogens is 248 g/mol. The number of nitrogens with two attached hydrogens (primary N) is 1. The van der Waals surface area contributed by atoms with Gasteiger partial charge in [-0.1, -0.05) is 11.6 Å². The molecule has 0 spiro atoms. The van der Waals surface area contributed by atoms with Crippen LogP contribution in [0.5, 0.6) is 0 Å². The molecule has 1 fully saturated rings. The summed E-state index contributed by atoms with van der Waals surface area (Å²) in [5.41, 5.74) is 6.30. The first-order valence-corrected chi connectivity index (χ1v) is 6.11. The Bertz CT molecular complexity index is 415. The fourth-order valence-electron chi connectivity index (χ4n) is 2.17. The summed E-state index contributed by atoms with van der Waals surface area (Å²) in [6.07, 6.45) is 1.72. The molecule has 5 N–H and O–H groups in total. The highest BCUT2D eigenvalue weighted by Crippen LogP contribution is 2.18. The number of amidine groups is 1. The number of carbonyl (C=O) groups is 2. The average molecular weight is 268 g/mol. The van der Waals surface area contributed by atoms with Gasteiger partial charge in [-0.05, 0) is 26.7 Å². The van der Waals surface area contributed by atoms with Crippen molar-refractivity contribution in [2.75, 3.05) is 6.54 Å². The zero-order valence-corrected chi connectivity index (χ0v) is 11.1. The molecule has 7 nitrogen and oxygen atoms in total. The van der Waals surface area contributed by atoms with Crippen LogP contribution in [-0.2, 0) is 4.79 Å². The van der Waals surface area contributed by atoms with Gasteiger partial charge in [0.1, 0.15) is 11.9 Å². The molecular formula is C12H20N4O3. The van der Waals surface area contributed by atoms with Crippen LogP contribution < -0.4 is 11.1 Å². The van der Waals surface area contributed by atoms with Crippen molar-refractivity contribution in [3.05, 3.63) is 11.6 Å². The van der Waals surface area contributed by atoms with E-state index >= 15 is 0 Å². The van der Waals surface area contributed by atoms with E-state index in [1.807, 2.05) is 0 Å². The molecule has 1 aliphatic heterocycles. The van der Waals surface area contributed by atoms with Crippen LogP contribution in [0.4, 0.5) is 4.79 Å². The standard InChI is InChI=1S/C12H20N4O3/c1-7(2)6-8(15-12(18)19)11(17)16-5-3-4-9(16)10(13)14/h6,8-9,15H,3-5H2,1-2H3,(H3,13,14)(H,18,19). The molecule has 2 atom stereocenters. The van der Waals surface area contributed by atoms with Gasteiger partial charge < -0.3 is 21.1 Å². The number of nitrogens with zero attached hydrogens (tertiary/aromatic N) is 1. The Morgan fingerprint density at radius 2 is 2.16 bits per heavy atom. The summed E-state index contributed by atoms with van der Waals surface area (Å²) in [7, 11) is 0. The fraction of sp³-hybridized carbons (Fsp3) is 0.583. The van der Waals surface area contributed by atoms with Crippen LogP contribution in [0.25, 0.3) is 0 Å².